The van der Waals surface area contributed by atoms with Gasteiger partial charge in [-0.25, -0.2) is 9.59 Å². The van der Waals surface area contributed by atoms with Crippen molar-refractivity contribution in [2.45, 2.75) is 19.4 Å². The standard InChI is InChI=1S/C7H11ClN4O2/c1-7(2,3-8)11-6(14)12-5(13)9-4-10-12/h4H,3H2,1-2H3,(H,11,14)(H,9,10,13). The highest BCUT2D eigenvalue weighted by atomic mass is 35.5. The van der Waals surface area contributed by atoms with Crippen LogP contribution in [0, 0.1) is 0 Å². The minimum absolute atomic E-state index is 0.248. The topological polar surface area (TPSA) is 79.8 Å². The van der Waals surface area contributed by atoms with Crippen LogP contribution >= 0.6 is 11.6 Å². The van der Waals surface area contributed by atoms with Gasteiger partial charge < -0.3 is 5.32 Å². The molecule has 0 aliphatic carbocycles. The number of nitrogens with one attached hydrogen (secondary N) is 2. The number of carbonyl (C=O) groups is 1. The molecule has 0 aliphatic rings. The van der Waals surface area contributed by atoms with Gasteiger partial charge in [0.2, 0.25) is 0 Å². The van der Waals surface area contributed by atoms with Crippen LogP contribution in [0.15, 0.2) is 11.1 Å². The molecular formula is C7H11ClN4O2. The Hall–Kier alpha value is -1.30. The minimum atomic E-state index is -0.595. The molecular weight excluding hydrogens is 208 g/mol. The monoisotopic (exact) mass is 218 g/mol. The van der Waals surface area contributed by atoms with Crippen molar-refractivity contribution in [1.29, 1.82) is 0 Å². The van der Waals surface area contributed by atoms with E-state index in [1.165, 1.54) is 0 Å². The summed E-state index contributed by atoms with van der Waals surface area (Å²) in [6, 6.07) is -0.595. The Balaban J connectivity index is 2.79. The van der Waals surface area contributed by atoms with Crippen molar-refractivity contribution in [2.24, 2.45) is 0 Å². The summed E-state index contributed by atoms with van der Waals surface area (Å²) in [5.41, 5.74) is -1.15. The fourth-order valence-corrected chi connectivity index (χ4v) is 0.843. The Kier molecular flexibility index (Phi) is 2.95. The number of hydrogen-bond acceptors (Lipinski definition) is 3. The zero-order valence-corrected chi connectivity index (χ0v) is 8.63. The van der Waals surface area contributed by atoms with Crippen molar-refractivity contribution in [2.75, 3.05) is 5.88 Å². The Morgan fingerprint density at radius 1 is 1.79 bits per heavy atom. The summed E-state index contributed by atoms with van der Waals surface area (Å²) in [6.07, 6.45) is 1.15. The Bertz CT molecular complexity index is 381. The largest absolute Gasteiger partial charge is 0.351 e. The van der Waals surface area contributed by atoms with Crippen LogP contribution in [0.1, 0.15) is 13.8 Å². The molecule has 0 aliphatic heterocycles. The van der Waals surface area contributed by atoms with Gasteiger partial charge in [0.05, 0.1) is 0 Å². The lowest BCUT2D eigenvalue weighted by Crippen LogP contribution is -2.49. The molecule has 0 saturated carbocycles. The highest BCUT2D eigenvalue weighted by molar-refractivity contribution is 6.18. The number of nitrogens with zero attached hydrogens (tertiary/aromatic N) is 2. The number of H-pyrrole nitrogens is 1. The van der Waals surface area contributed by atoms with E-state index >= 15 is 0 Å². The first-order valence-corrected chi connectivity index (χ1v) is 4.51. The number of aromatic amines is 1. The van der Waals surface area contributed by atoms with Gasteiger partial charge in [0.1, 0.15) is 6.33 Å². The van der Waals surface area contributed by atoms with Crippen molar-refractivity contribution in [3.8, 4) is 0 Å². The highest BCUT2D eigenvalue weighted by Crippen LogP contribution is 2.03. The number of aromatic nitrogens is 3. The maximum Gasteiger partial charge on any atom is 0.351 e. The normalized spacial score (nSPS) is 11.4. The molecule has 0 saturated heterocycles. The van der Waals surface area contributed by atoms with Crippen LogP contribution < -0.4 is 11.0 Å². The minimum Gasteiger partial charge on any atom is -0.330 e. The summed E-state index contributed by atoms with van der Waals surface area (Å²) in [5, 5.41) is 6.09. The molecule has 0 aromatic carbocycles. The van der Waals surface area contributed by atoms with E-state index in [4.69, 9.17) is 11.6 Å². The summed E-state index contributed by atoms with van der Waals surface area (Å²) in [4.78, 5) is 24.7. The van der Waals surface area contributed by atoms with E-state index in [0.717, 1.165) is 6.33 Å². The molecule has 7 heteroatoms. The van der Waals surface area contributed by atoms with Gasteiger partial charge in [0, 0.05) is 11.4 Å². The highest BCUT2D eigenvalue weighted by Gasteiger charge is 2.21. The van der Waals surface area contributed by atoms with Gasteiger partial charge in [-0.15, -0.1) is 21.4 Å². The lowest BCUT2D eigenvalue weighted by atomic mass is 10.1. The first kappa shape index (κ1) is 10.8. The van der Waals surface area contributed by atoms with Gasteiger partial charge >= 0.3 is 11.7 Å². The fourth-order valence-electron chi connectivity index (χ4n) is 0.776. The van der Waals surface area contributed by atoms with Crippen LogP contribution in [-0.2, 0) is 0 Å². The van der Waals surface area contributed by atoms with E-state index in [1.54, 1.807) is 13.8 Å². The van der Waals surface area contributed by atoms with E-state index in [2.05, 4.69) is 15.4 Å². The third kappa shape index (κ3) is 2.35. The molecule has 1 aromatic rings. The van der Waals surface area contributed by atoms with E-state index in [0.29, 0.717) is 4.68 Å². The average molecular weight is 219 g/mol. The first-order valence-electron chi connectivity index (χ1n) is 3.97. The van der Waals surface area contributed by atoms with Crippen molar-refractivity contribution < 1.29 is 4.79 Å². The second kappa shape index (κ2) is 3.83. The number of alkyl halides is 1. The molecule has 0 fully saturated rings. The Morgan fingerprint density at radius 3 is 2.86 bits per heavy atom. The number of carbonyl (C=O) groups excluding carboxylic acids is 1. The number of hydrogen-bond donors (Lipinski definition) is 2. The number of rotatable bonds is 2. The molecule has 6 nitrogen and oxygen atoms in total. The van der Waals surface area contributed by atoms with E-state index < -0.39 is 17.3 Å². The van der Waals surface area contributed by atoms with Crippen LogP contribution in [0.25, 0.3) is 0 Å². The summed E-state index contributed by atoms with van der Waals surface area (Å²) in [6.45, 7) is 3.49. The molecule has 0 bridgehead atoms. The predicted octanol–water partition coefficient (Wildman–Crippen LogP) is 0.147. The smallest absolute Gasteiger partial charge is 0.330 e. The van der Waals surface area contributed by atoms with Crippen LogP contribution in [0.5, 0.6) is 0 Å². The SMILES string of the molecule is CC(C)(CCl)NC(=O)n1nc[nH]c1=O. The molecule has 1 rings (SSSR count). The summed E-state index contributed by atoms with van der Waals surface area (Å²) < 4.78 is 0.703. The molecule has 78 valence electrons. The Morgan fingerprint density at radius 2 is 2.43 bits per heavy atom. The fraction of sp³-hybridized carbons (Fsp3) is 0.571. The van der Waals surface area contributed by atoms with Gasteiger partial charge in [0.15, 0.2) is 0 Å². The van der Waals surface area contributed by atoms with E-state index in [1.807, 2.05) is 0 Å². The quantitative estimate of drug-likeness (QED) is 0.694. The molecule has 0 unspecified atom stereocenters. The molecule has 0 atom stereocenters. The van der Waals surface area contributed by atoms with Gasteiger partial charge in [-0.05, 0) is 13.8 Å². The summed E-state index contributed by atoms with van der Waals surface area (Å²) >= 11 is 5.61. The molecule has 0 spiro atoms. The Labute approximate surface area is 85.3 Å². The van der Waals surface area contributed by atoms with Gasteiger partial charge in [-0.2, -0.15) is 0 Å². The maximum atomic E-state index is 11.4. The molecule has 2 N–H and O–H groups in total. The van der Waals surface area contributed by atoms with Gasteiger partial charge in [0.25, 0.3) is 0 Å². The molecule has 1 aromatic heterocycles. The van der Waals surface area contributed by atoms with Crippen LogP contribution in [0.4, 0.5) is 4.79 Å². The van der Waals surface area contributed by atoms with Gasteiger partial charge in [-0.1, -0.05) is 0 Å². The summed E-state index contributed by atoms with van der Waals surface area (Å²) in [7, 11) is 0. The zero-order valence-electron chi connectivity index (χ0n) is 7.87. The first-order chi connectivity index (χ1) is 6.46. The average Bonchev–Trinajstić information content (AvgIpc) is 2.51. The maximum absolute atomic E-state index is 11.4. The number of halogens is 1. The second-order valence-corrected chi connectivity index (χ2v) is 3.72. The lowest BCUT2D eigenvalue weighted by molar-refractivity contribution is 0.230. The zero-order chi connectivity index (χ0) is 10.8. The molecule has 1 heterocycles. The lowest BCUT2D eigenvalue weighted by Gasteiger charge is -2.22. The second-order valence-electron chi connectivity index (χ2n) is 3.45. The van der Waals surface area contributed by atoms with Gasteiger partial charge in [-0.3, -0.25) is 4.98 Å². The van der Waals surface area contributed by atoms with Crippen molar-refractivity contribution in [1.82, 2.24) is 20.1 Å². The third-order valence-corrected chi connectivity index (χ3v) is 2.19. The van der Waals surface area contributed by atoms with Crippen LogP contribution in [0.3, 0.4) is 0 Å². The van der Waals surface area contributed by atoms with Crippen LogP contribution in [-0.4, -0.2) is 32.2 Å². The number of amides is 1. The van der Waals surface area contributed by atoms with Crippen molar-refractivity contribution in [3.05, 3.63) is 16.8 Å². The molecule has 14 heavy (non-hydrogen) atoms. The predicted molar refractivity (Wildman–Crippen MR) is 51.6 cm³/mol. The molecule has 0 radical (unpaired) electrons. The van der Waals surface area contributed by atoms with E-state index in [-0.39, 0.29) is 5.88 Å². The van der Waals surface area contributed by atoms with Crippen LogP contribution in [0.2, 0.25) is 0 Å². The van der Waals surface area contributed by atoms with Crippen molar-refractivity contribution in [3.63, 3.8) is 0 Å². The van der Waals surface area contributed by atoms with Crippen molar-refractivity contribution >= 4 is 17.6 Å². The molecule has 1 amide bonds. The third-order valence-electron chi connectivity index (χ3n) is 1.53. The summed E-state index contributed by atoms with van der Waals surface area (Å²) in [5.74, 6) is 0.248. The van der Waals surface area contributed by atoms with E-state index in [9.17, 15) is 9.59 Å².